The molecule has 2 aliphatic rings. The zero-order valence-corrected chi connectivity index (χ0v) is 21.5. The second-order valence-corrected chi connectivity index (χ2v) is 9.97. The fourth-order valence-corrected chi connectivity index (χ4v) is 4.77. The smallest absolute Gasteiger partial charge is 0.257 e. The van der Waals surface area contributed by atoms with Crippen molar-refractivity contribution in [2.24, 2.45) is 5.92 Å². The highest BCUT2D eigenvalue weighted by Crippen LogP contribution is 2.32. The number of piperazine rings is 1. The maximum atomic E-state index is 13.4. The third kappa shape index (κ3) is 5.97. The summed E-state index contributed by atoms with van der Waals surface area (Å²) in [6.07, 6.45) is 1.94. The highest BCUT2D eigenvalue weighted by atomic mass is 35.5. The summed E-state index contributed by atoms with van der Waals surface area (Å²) in [5.74, 6) is -0.651. The van der Waals surface area contributed by atoms with Crippen LogP contribution in [0.5, 0.6) is 0 Å². The number of nitrogens with zero attached hydrogens (tertiary/aromatic N) is 2. The lowest BCUT2D eigenvalue weighted by Gasteiger charge is -2.37. The van der Waals surface area contributed by atoms with Gasteiger partial charge in [0.1, 0.15) is 5.82 Å². The third-order valence-corrected chi connectivity index (χ3v) is 7.17. The average molecular weight is 535 g/mol. The Morgan fingerprint density at radius 1 is 0.868 bits per heavy atom. The maximum absolute atomic E-state index is 13.4. The predicted octanol–water partition coefficient (Wildman–Crippen LogP) is 4.72. The normalized spacial score (nSPS) is 15.2. The van der Waals surface area contributed by atoms with E-state index in [4.69, 9.17) is 11.6 Å². The molecular weight excluding hydrogens is 507 g/mol. The Labute approximate surface area is 225 Å². The van der Waals surface area contributed by atoms with Gasteiger partial charge < -0.3 is 20.4 Å². The minimum atomic E-state index is -0.381. The van der Waals surface area contributed by atoms with E-state index in [1.54, 1.807) is 48.5 Å². The van der Waals surface area contributed by atoms with Gasteiger partial charge in [0.25, 0.3) is 11.8 Å². The van der Waals surface area contributed by atoms with Crippen LogP contribution in [0.15, 0.2) is 66.7 Å². The maximum Gasteiger partial charge on any atom is 0.257 e. The number of carbonyl (C=O) groups is 3. The van der Waals surface area contributed by atoms with Crippen LogP contribution in [0.25, 0.3) is 0 Å². The van der Waals surface area contributed by atoms with Crippen molar-refractivity contribution in [1.82, 2.24) is 10.2 Å². The zero-order valence-electron chi connectivity index (χ0n) is 20.8. The van der Waals surface area contributed by atoms with Crippen LogP contribution in [0.1, 0.15) is 39.1 Å². The molecule has 0 spiro atoms. The SMILES string of the molecule is O=C(Nc1ccc(N2CCN(C(=O)C3CC3)CC2)c(C(=O)NCc2ccc(F)cc2)c1)c1ccccc1Cl. The lowest BCUT2D eigenvalue weighted by molar-refractivity contribution is -0.132. The van der Waals surface area contributed by atoms with Gasteiger partial charge in [-0.3, -0.25) is 14.4 Å². The topological polar surface area (TPSA) is 81.8 Å². The van der Waals surface area contributed by atoms with Gasteiger partial charge in [-0.05, 0) is 60.9 Å². The molecule has 1 aliphatic heterocycles. The Bertz CT molecular complexity index is 1350. The fourth-order valence-electron chi connectivity index (χ4n) is 4.55. The summed E-state index contributed by atoms with van der Waals surface area (Å²) in [5.41, 5.74) is 2.66. The second-order valence-electron chi connectivity index (χ2n) is 9.56. The van der Waals surface area contributed by atoms with Gasteiger partial charge in [0, 0.05) is 50.0 Å². The number of benzene rings is 3. The first kappa shape index (κ1) is 25.7. The van der Waals surface area contributed by atoms with E-state index < -0.39 is 0 Å². The number of rotatable bonds is 7. The van der Waals surface area contributed by atoms with Crippen LogP contribution in [0, 0.1) is 11.7 Å². The summed E-state index contributed by atoms with van der Waals surface area (Å²) in [4.78, 5) is 42.7. The van der Waals surface area contributed by atoms with Crippen LogP contribution >= 0.6 is 11.6 Å². The molecule has 3 aromatic rings. The molecule has 38 heavy (non-hydrogen) atoms. The number of hydrogen-bond donors (Lipinski definition) is 2. The largest absolute Gasteiger partial charge is 0.367 e. The summed E-state index contributed by atoms with van der Waals surface area (Å²) >= 11 is 6.18. The average Bonchev–Trinajstić information content (AvgIpc) is 3.78. The summed E-state index contributed by atoms with van der Waals surface area (Å²) in [6.45, 7) is 2.61. The number of nitrogens with one attached hydrogen (secondary N) is 2. The summed E-state index contributed by atoms with van der Waals surface area (Å²) in [7, 11) is 0. The highest BCUT2D eigenvalue weighted by molar-refractivity contribution is 6.34. The molecule has 1 saturated carbocycles. The molecule has 5 rings (SSSR count). The summed E-state index contributed by atoms with van der Waals surface area (Å²) in [5, 5.41) is 6.06. The monoisotopic (exact) mass is 534 g/mol. The van der Waals surface area contributed by atoms with E-state index in [0.29, 0.717) is 48.0 Å². The minimum absolute atomic E-state index is 0.176. The fraction of sp³-hybridized carbons (Fsp3) is 0.276. The van der Waals surface area contributed by atoms with E-state index in [0.717, 1.165) is 24.1 Å². The molecule has 1 heterocycles. The van der Waals surface area contributed by atoms with E-state index in [1.807, 2.05) is 11.0 Å². The Morgan fingerprint density at radius 3 is 2.26 bits per heavy atom. The third-order valence-electron chi connectivity index (χ3n) is 6.84. The lowest BCUT2D eigenvalue weighted by atomic mass is 10.1. The van der Waals surface area contributed by atoms with Crippen LogP contribution in [-0.2, 0) is 11.3 Å². The molecule has 2 N–H and O–H groups in total. The molecule has 1 saturated heterocycles. The van der Waals surface area contributed by atoms with Gasteiger partial charge in [-0.2, -0.15) is 0 Å². The second kappa shape index (κ2) is 11.2. The number of halogens is 2. The molecule has 9 heteroatoms. The first-order chi connectivity index (χ1) is 18.4. The van der Waals surface area contributed by atoms with Crippen LogP contribution in [0.3, 0.4) is 0 Å². The molecule has 1 aliphatic carbocycles. The van der Waals surface area contributed by atoms with Gasteiger partial charge in [0.2, 0.25) is 5.91 Å². The first-order valence-corrected chi connectivity index (χ1v) is 13.0. The predicted molar refractivity (Wildman–Crippen MR) is 145 cm³/mol. The van der Waals surface area contributed by atoms with Crippen LogP contribution < -0.4 is 15.5 Å². The number of hydrogen-bond acceptors (Lipinski definition) is 4. The van der Waals surface area contributed by atoms with Gasteiger partial charge in [-0.1, -0.05) is 35.9 Å². The molecule has 2 fully saturated rings. The molecule has 7 nitrogen and oxygen atoms in total. The Hall–Kier alpha value is -3.91. The van der Waals surface area contributed by atoms with Crippen LogP contribution in [-0.4, -0.2) is 48.8 Å². The van der Waals surface area contributed by atoms with Crippen molar-refractivity contribution in [3.8, 4) is 0 Å². The number of amides is 3. The minimum Gasteiger partial charge on any atom is -0.367 e. The van der Waals surface area contributed by atoms with Crippen molar-refractivity contribution < 1.29 is 18.8 Å². The van der Waals surface area contributed by atoms with Gasteiger partial charge in [0.05, 0.1) is 16.1 Å². The van der Waals surface area contributed by atoms with Gasteiger partial charge in [-0.15, -0.1) is 0 Å². The van der Waals surface area contributed by atoms with Crippen molar-refractivity contribution in [2.45, 2.75) is 19.4 Å². The lowest BCUT2D eigenvalue weighted by Crippen LogP contribution is -2.49. The molecule has 3 aromatic carbocycles. The van der Waals surface area contributed by atoms with Crippen molar-refractivity contribution in [1.29, 1.82) is 0 Å². The highest BCUT2D eigenvalue weighted by Gasteiger charge is 2.35. The van der Waals surface area contributed by atoms with Crippen molar-refractivity contribution in [3.05, 3.63) is 94.3 Å². The summed E-state index contributed by atoms with van der Waals surface area (Å²) in [6, 6.07) is 17.9. The van der Waals surface area contributed by atoms with E-state index in [-0.39, 0.29) is 36.0 Å². The van der Waals surface area contributed by atoms with Crippen molar-refractivity contribution >= 4 is 40.7 Å². The molecule has 0 aromatic heterocycles. The molecule has 0 bridgehead atoms. The van der Waals surface area contributed by atoms with Crippen LogP contribution in [0.2, 0.25) is 5.02 Å². The Morgan fingerprint density at radius 2 is 1.58 bits per heavy atom. The van der Waals surface area contributed by atoms with E-state index in [9.17, 15) is 18.8 Å². The van der Waals surface area contributed by atoms with Gasteiger partial charge >= 0.3 is 0 Å². The van der Waals surface area contributed by atoms with Crippen LogP contribution in [0.4, 0.5) is 15.8 Å². The molecule has 0 unspecified atom stereocenters. The molecule has 0 atom stereocenters. The quantitative estimate of drug-likeness (QED) is 0.459. The molecule has 196 valence electrons. The first-order valence-electron chi connectivity index (χ1n) is 12.7. The van der Waals surface area contributed by atoms with E-state index in [1.165, 1.54) is 12.1 Å². The van der Waals surface area contributed by atoms with Gasteiger partial charge in [0.15, 0.2) is 0 Å². The number of carbonyl (C=O) groups excluding carboxylic acids is 3. The molecule has 0 radical (unpaired) electrons. The van der Waals surface area contributed by atoms with E-state index in [2.05, 4.69) is 15.5 Å². The summed E-state index contributed by atoms with van der Waals surface area (Å²) < 4.78 is 13.3. The van der Waals surface area contributed by atoms with Crippen molar-refractivity contribution in [3.63, 3.8) is 0 Å². The van der Waals surface area contributed by atoms with Crippen molar-refractivity contribution in [2.75, 3.05) is 36.4 Å². The standard InChI is InChI=1S/C29H28ClFN4O3/c30-25-4-2-1-3-23(25)28(37)33-22-11-12-26(34-13-15-35(16-14-34)29(38)20-7-8-20)24(17-22)27(36)32-18-19-5-9-21(31)10-6-19/h1-6,9-12,17,20H,7-8,13-16,18H2,(H,32,36)(H,33,37). The molecule has 3 amide bonds. The van der Waals surface area contributed by atoms with E-state index >= 15 is 0 Å². The molecular formula is C29H28ClFN4O3. The Kier molecular flexibility index (Phi) is 7.60. The Balaban J connectivity index is 1.35. The van der Waals surface area contributed by atoms with Gasteiger partial charge in [-0.25, -0.2) is 4.39 Å². The zero-order chi connectivity index (χ0) is 26.6. The number of anilines is 2.